The summed E-state index contributed by atoms with van der Waals surface area (Å²) in [6.07, 6.45) is 2.98. The Hall–Kier alpha value is -0.570. The third kappa shape index (κ3) is 8.57. The van der Waals surface area contributed by atoms with Crippen LogP contribution in [0.1, 0.15) is 74.7 Å². The van der Waals surface area contributed by atoms with E-state index in [9.17, 15) is 4.79 Å². The second-order valence-electron chi connectivity index (χ2n) is 7.80. The van der Waals surface area contributed by atoms with E-state index < -0.39 is 0 Å². The number of hydrogen-bond donors (Lipinski definition) is 1. The summed E-state index contributed by atoms with van der Waals surface area (Å²) in [5, 5.41) is 2.98. The van der Waals surface area contributed by atoms with E-state index in [0.29, 0.717) is 12.5 Å². The second kappa shape index (κ2) is 8.02. The van der Waals surface area contributed by atoms with Crippen molar-refractivity contribution in [2.75, 3.05) is 6.61 Å². The fraction of sp³-hybridized carbons (Fsp3) is 0.941. The first-order valence-electron chi connectivity index (χ1n) is 7.91. The van der Waals surface area contributed by atoms with Crippen LogP contribution in [0.3, 0.4) is 0 Å². The Kier molecular flexibility index (Phi) is 7.79. The SMILES string of the molecule is CC(C)CCC(C)(C)OCCC(C)(C)C(=O)NC(C)C. The molecule has 0 fully saturated rings. The Bertz CT molecular complexity index is 293. The zero-order valence-corrected chi connectivity index (χ0v) is 14.8. The molecule has 0 aromatic rings. The molecule has 0 bridgehead atoms. The summed E-state index contributed by atoms with van der Waals surface area (Å²) in [6, 6.07) is 0.185. The normalized spacial score (nSPS) is 13.1. The molecule has 20 heavy (non-hydrogen) atoms. The zero-order valence-electron chi connectivity index (χ0n) is 14.8. The molecular weight excluding hydrogens is 250 g/mol. The Morgan fingerprint density at radius 2 is 1.60 bits per heavy atom. The number of rotatable bonds is 9. The lowest BCUT2D eigenvalue weighted by atomic mass is 9.88. The maximum Gasteiger partial charge on any atom is 0.225 e. The summed E-state index contributed by atoms with van der Waals surface area (Å²) in [7, 11) is 0. The van der Waals surface area contributed by atoms with E-state index in [4.69, 9.17) is 4.74 Å². The lowest BCUT2D eigenvalue weighted by molar-refractivity contribution is -0.132. The quantitative estimate of drug-likeness (QED) is 0.691. The number of amides is 1. The van der Waals surface area contributed by atoms with Gasteiger partial charge in [-0.2, -0.15) is 0 Å². The van der Waals surface area contributed by atoms with E-state index in [1.165, 1.54) is 6.42 Å². The summed E-state index contributed by atoms with van der Waals surface area (Å²) in [4.78, 5) is 12.1. The molecule has 120 valence electrons. The first kappa shape index (κ1) is 19.4. The Morgan fingerprint density at radius 3 is 2.05 bits per heavy atom. The maximum absolute atomic E-state index is 12.1. The van der Waals surface area contributed by atoms with Crippen LogP contribution in [0.15, 0.2) is 0 Å². The van der Waals surface area contributed by atoms with Gasteiger partial charge in [0.1, 0.15) is 0 Å². The Labute approximate surface area is 125 Å². The van der Waals surface area contributed by atoms with Crippen molar-refractivity contribution in [2.45, 2.75) is 86.3 Å². The molecule has 0 heterocycles. The number of ether oxygens (including phenoxy) is 1. The zero-order chi connectivity index (χ0) is 16.0. The van der Waals surface area contributed by atoms with Crippen LogP contribution in [-0.4, -0.2) is 24.2 Å². The molecule has 0 aliphatic heterocycles. The van der Waals surface area contributed by atoms with Gasteiger partial charge in [-0.1, -0.05) is 27.7 Å². The topological polar surface area (TPSA) is 38.3 Å². The Balaban J connectivity index is 4.17. The standard InChI is InChI=1S/C17H35NO2/c1-13(2)9-10-17(7,8)20-12-11-16(5,6)15(19)18-14(3)4/h13-14H,9-12H2,1-8H3,(H,18,19). The van der Waals surface area contributed by atoms with Crippen molar-refractivity contribution in [3.63, 3.8) is 0 Å². The van der Waals surface area contributed by atoms with E-state index >= 15 is 0 Å². The summed E-state index contributed by atoms with van der Waals surface area (Å²) >= 11 is 0. The molecule has 0 aromatic heterocycles. The smallest absolute Gasteiger partial charge is 0.225 e. The molecule has 0 saturated carbocycles. The minimum absolute atomic E-state index is 0.102. The van der Waals surface area contributed by atoms with Crippen molar-refractivity contribution in [3.05, 3.63) is 0 Å². The van der Waals surface area contributed by atoms with Crippen LogP contribution in [0.2, 0.25) is 0 Å². The van der Waals surface area contributed by atoms with Crippen molar-refractivity contribution in [2.24, 2.45) is 11.3 Å². The average molecular weight is 285 g/mol. The number of nitrogens with one attached hydrogen (secondary N) is 1. The van der Waals surface area contributed by atoms with Gasteiger partial charge in [0.15, 0.2) is 0 Å². The van der Waals surface area contributed by atoms with Gasteiger partial charge in [-0.3, -0.25) is 4.79 Å². The van der Waals surface area contributed by atoms with Gasteiger partial charge >= 0.3 is 0 Å². The van der Waals surface area contributed by atoms with E-state index in [1.54, 1.807) is 0 Å². The third-order valence-corrected chi connectivity index (χ3v) is 3.58. The molecule has 0 aliphatic carbocycles. The highest BCUT2D eigenvalue weighted by Crippen LogP contribution is 2.25. The highest BCUT2D eigenvalue weighted by molar-refractivity contribution is 5.81. The second-order valence-corrected chi connectivity index (χ2v) is 7.80. The van der Waals surface area contributed by atoms with Crippen LogP contribution >= 0.6 is 0 Å². The van der Waals surface area contributed by atoms with Crippen molar-refractivity contribution in [1.82, 2.24) is 5.32 Å². The molecule has 0 atom stereocenters. The summed E-state index contributed by atoms with van der Waals surface area (Å²) in [6.45, 7) is 17.3. The molecule has 1 N–H and O–H groups in total. The van der Waals surface area contributed by atoms with Gasteiger partial charge in [-0.25, -0.2) is 0 Å². The molecule has 3 nitrogen and oxygen atoms in total. The predicted octanol–water partition coefficient (Wildman–Crippen LogP) is 4.16. The molecule has 0 aliphatic rings. The lowest BCUT2D eigenvalue weighted by Gasteiger charge is -2.30. The fourth-order valence-corrected chi connectivity index (χ4v) is 1.86. The number of hydrogen-bond acceptors (Lipinski definition) is 2. The van der Waals surface area contributed by atoms with Crippen molar-refractivity contribution < 1.29 is 9.53 Å². The van der Waals surface area contributed by atoms with Gasteiger partial charge in [0, 0.05) is 18.1 Å². The van der Waals surface area contributed by atoms with Crippen molar-refractivity contribution >= 4 is 5.91 Å². The molecule has 0 unspecified atom stereocenters. The summed E-state index contributed by atoms with van der Waals surface area (Å²) in [5.74, 6) is 0.808. The van der Waals surface area contributed by atoms with Crippen LogP contribution in [0, 0.1) is 11.3 Å². The highest BCUT2D eigenvalue weighted by atomic mass is 16.5. The van der Waals surface area contributed by atoms with Crippen LogP contribution in [-0.2, 0) is 9.53 Å². The largest absolute Gasteiger partial charge is 0.376 e. The van der Waals surface area contributed by atoms with Gasteiger partial charge < -0.3 is 10.1 Å². The summed E-state index contributed by atoms with van der Waals surface area (Å²) < 4.78 is 5.99. The molecule has 1 amide bonds. The summed E-state index contributed by atoms with van der Waals surface area (Å²) in [5.41, 5.74) is -0.479. The maximum atomic E-state index is 12.1. The molecule has 0 spiro atoms. The third-order valence-electron chi connectivity index (χ3n) is 3.58. The van der Waals surface area contributed by atoms with Crippen LogP contribution < -0.4 is 5.32 Å². The van der Waals surface area contributed by atoms with E-state index in [1.807, 2.05) is 27.7 Å². The van der Waals surface area contributed by atoms with Gasteiger partial charge in [0.25, 0.3) is 0 Å². The van der Waals surface area contributed by atoms with Gasteiger partial charge in [-0.05, 0) is 52.9 Å². The minimum atomic E-state index is -0.377. The predicted molar refractivity (Wildman–Crippen MR) is 85.8 cm³/mol. The van der Waals surface area contributed by atoms with Gasteiger partial charge in [-0.15, -0.1) is 0 Å². The van der Waals surface area contributed by atoms with Gasteiger partial charge in [0.05, 0.1) is 5.60 Å². The first-order valence-corrected chi connectivity index (χ1v) is 7.91. The molecule has 0 aromatic carbocycles. The molecule has 0 saturated heterocycles. The monoisotopic (exact) mass is 285 g/mol. The lowest BCUT2D eigenvalue weighted by Crippen LogP contribution is -2.41. The van der Waals surface area contributed by atoms with Crippen molar-refractivity contribution in [1.29, 1.82) is 0 Å². The number of carbonyl (C=O) groups excluding carboxylic acids is 1. The van der Waals surface area contributed by atoms with Crippen molar-refractivity contribution in [3.8, 4) is 0 Å². The van der Waals surface area contributed by atoms with Crippen LogP contribution in [0.4, 0.5) is 0 Å². The molecule has 0 rings (SSSR count). The van der Waals surface area contributed by atoms with E-state index in [0.717, 1.165) is 12.8 Å². The minimum Gasteiger partial charge on any atom is -0.376 e. The van der Waals surface area contributed by atoms with Crippen LogP contribution in [0.25, 0.3) is 0 Å². The van der Waals surface area contributed by atoms with E-state index in [-0.39, 0.29) is 23.0 Å². The fourth-order valence-electron chi connectivity index (χ4n) is 1.86. The molecule has 3 heteroatoms. The first-order chi connectivity index (χ1) is 8.96. The van der Waals surface area contributed by atoms with E-state index in [2.05, 4.69) is 33.0 Å². The molecular formula is C17H35NO2. The average Bonchev–Trinajstić information content (AvgIpc) is 2.25. The van der Waals surface area contributed by atoms with Gasteiger partial charge in [0.2, 0.25) is 5.91 Å². The highest BCUT2D eigenvalue weighted by Gasteiger charge is 2.29. The molecule has 0 radical (unpaired) electrons. The number of carbonyl (C=O) groups is 1. The Morgan fingerprint density at radius 1 is 1.05 bits per heavy atom. The van der Waals surface area contributed by atoms with Crippen LogP contribution in [0.5, 0.6) is 0 Å².